The predicted octanol–water partition coefficient (Wildman–Crippen LogP) is 1.11. The van der Waals surface area contributed by atoms with E-state index >= 15 is 0 Å². The fourth-order valence-electron chi connectivity index (χ4n) is 3.22. The third-order valence-corrected chi connectivity index (χ3v) is 7.64. The van der Waals surface area contributed by atoms with E-state index in [1.807, 2.05) is 0 Å². The molecular formula is C15H24N4O4S2. The molecule has 25 heavy (non-hydrogen) atoms. The van der Waals surface area contributed by atoms with Crippen molar-refractivity contribution in [1.29, 1.82) is 0 Å². The molecule has 10 heteroatoms. The lowest BCUT2D eigenvalue weighted by Crippen LogP contribution is -2.55. The van der Waals surface area contributed by atoms with Crippen LogP contribution in [-0.4, -0.2) is 70.0 Å². The lowest BCUT2D eigenvalue weighted by molar-refractivity contribution is -0.115. The monoisotopic (exact) mass is 388 g/mol. The number of hydrogen-bond acceptors (Lipinski definition) is 8. The highest BCUT2D eigenvalue weighted by Gasteiger charge is 2.42. The molecule has 2 aliphatic heterocycles. The summed E-state index contributed by atoms with van der Waals surface area (Å²) < 4.78 is 32.0. The van der Waals surface area contributed by atoms with Crippen LogP contribution in [0.15, 0.2) is 4.36 Å². The molecule has 0 aromatic carbocycles. The zero-order valence-corrected chi connectivity index (χ0v) is 16.2. The summed E-state index contributed by atoms with van der Waals surface area (Å²) in [5, 5.41) is 0.897. The Morgan fingerprint density at radius 2 is 2.24 bits per heavy atom. The topological polar surface area (TPSA) is 94.0 Å². The Bertz CT molecular complexity index is 728. The molecule has 0 N–H and O–H groups in total. The van der Waals surface area contributed by atoms with E-state index in [0.29, 0.717) is 50.5 Å². The smallest absolute Gasteiger partial charge is 0.250 e. The quantitative estimate of drug-likeness (QED) is 0.762. The molecule has 1 aromatic rings. The maximum absolute atomic E-state index is 12.6. The van der Waals surface area contributed by atoms with Gasteiger partial charge in [0.05, 0.1) is 28.5 Å². The Hall–Kier alpha value is -1.10. The maximum atomic E-state index is 12.6. The molecule has 0 aliphatic carbocycles. The van der Waals surface area contributed by atoms with Crippen molar-refractivity contribution in [3.8, 4) is 0 Å². The molecule has 0 bridgehead atoms. The van der Waals surface area contributed by atoms with Gasteiger partial charge in [0.1, 0.15) is 5.82 Å². The maximum Gasteiger partial charge on any atom is 0.250 e. The van der Waals surface area contributed by atoms with E-state index < -0.39 is 9.73 Å². The zero-order valence-electron chi connectivity index (χ0n) is 14.6. The van der Waals surface area contributed by atoms with Crippen molar-refractivity contribution in [1.82, 2.24) is 9.36 Å². The van der Waals surface area contributed by atoms with Crippen molar-refractivity contribution in [2.24, 2.45) is 4.36 Å². The fourth-order valence-corrected chi connectivity index (χ4v) is 6.20. The number of hydrogen-bond donors (Lipinski definition) is 0. The minimum absolute atomic E-state index is 0.330. The Morgan fingerprint density at radius 3 is 2.92 bits per heavy atom. The number of ether oxygens (including phenoxy) is 2. The highest BCUT2D eigenvalue weighted by atomic mass is 32.2. The van der Waals surface area contributed by atoms with E-state index in [2.05, 4.69) is 18.6 Å². The van der Waals surface area contributed by atoms with Crippen LogP contribution in [0.2, 0.25) is 0 Å². The van der Waals surface area contributed by atoms with Gasteiger partial charge in [0.15, 0.2) is 0 Å². The molecule has 2 saturated heterocycles. The van der Waals surface area contributed by atoms with E-state index in [4.69, 9.17) is 9.47 Å². The SMILES string of the molecule is COCCc1nsc(N2CCOC3(CCS(=O)(=NC(C)=O)CC3)C2)n1. The Labute approximate surface area is 152 Å². The average molecular weight is 389 g/mol. The third kappa shape index (κ3) is 4.55. The molecule has 140 valence electrons. The number of nitrogens with zero attached hydrogens (tertiary/aromatic N) is 4. The lowest BCUT2D eigenvalue weighted by Gasteiger charge is -2.45. The van der Waals surface area contributed by atoms with Crippen molar-refractivity contribution < 1.29 is 18.5 Å². The second-order valence-electron chi connectivity index (χ2n) is 6.48. The van der Waals surface area contributed by atoms with Gasteiger partial charge in [-0.25, -0.2) is 9.19 Å². The third-order valence-electron chi connectivity index (χ3n) is 4.55. The first-order valence-corrected chi connectivity index (χ1v) is 11.0. The molecule has 2 fully saturated rings. The van der Waals surface area contributed by atoms with Crippen LogP contribution in [0.5, 0.6) is 0 Å². The van der Waals surface area contributed by atoms with Gasteiger partial charge < -0.3 is 14.4 Å². The molecule has 0 atom stereocenters. The Morgan fingerprint density at radius 1 is 1.48 bits per heavy atom. The summed E-state index contributed by atoms with van der Waals surface area (Å²) >= 11 is 1.40. The summed E-state index contributed by atoms with van der Waals surface area (Å²) in [5.74, 6) is 1.27. The second kappa shape index (κ2) is 7.65. The van der Waals surface area contributed by atoms with Gasteiger partial charge in [-0.15, -0.1) is 0 Å². The number of aromatic nitrogens is 2. The van der Waals surface area contributed by atoms with Crippen molar-refractivity contribution in [3.05, 3.63) is 5.82 Å². The Balaban J connectivity index is 1.67. The largest absolute Gasteiger partial charge is 0.384 e. The molecule has 3 heterocycles. The number of amides is 1. The molecule has 1 aromatic heterocycles. The molecule has 0 saturated carbocycles. The van der Waals surface area contributed by atoms with Crippen molar-refractivity contribution in [2.75, 3.05) is 49.8 Å². The molecule has 3 rings (SSSR count). The van der Waals surface area contributed by atoms with Crippen LogP contribution in [0.25, 0.3) is 0 Å². The Kier molecular flexibility index (Phi) is 5.71. The normalized spacial score (nSPS) is 29.8. The summed E-state index contributed by atoms with van der Waals surface area (Å²) in [7, 11) is -0.750. The van der Waals surface area contributed by atoms with E-state index in [0.717, 1.165) is 17.5 Å². The molecule has 0 unspecified atom stereocenters. The van der Waals surface area contributed by atoms with E-state index in [-0.39, 0.29) is 11.5 Å². The van der Waals surface area contributed by atoms with E-state index in [1.165, 1.54) is 18.5 Å². The van der Waals surface area contributed by atoms with Crippen LogP contribution in [-0.2, 0) is 30.4 Å². The lowest BCUT2D eigenvalue weighted by atomic mass is 9.94. The van der Waals surface area contributed by atoms with Gasteiger partial charge in [-0.05, 0) is 12.8 Å². The first-order valence-electron chi connectivity index (χ1n) is 8.37. The standard InChI is InChI=1S/C15H24N4O4S2/c1-12(20)18-25(21)9-4-15(5-10-25)11-19(6-8-23-15)14-16-13(17-24-14)3-7-22-2/h3-11H2,1-2H3. The highest BCUT2D eigenvalue weighted by molar-refractivity contribution is 7.93. The minimum Gasteiger partial charge on any atom is -0.384 e. The number of anilines is 1. The van der Waals surface area contributed by atoms with Crippen LogP contribution in [0.1, 0.15) is 25.6 Å². The van der Waals surface area contributed by atoms with Crippen LogP contribution in [0, 0.1) is 0 Å². The molecule has 0 radical (unpaired) electrons. The predicted molar refractivity (Wildman–Crippen MR) is 96.6 cm³/mol. The van der Waals surface area contributed by atoms with Crippen LogP contribution in [0.4, 0.5) is 5.13 Å². The number of rotatable bonds is 4. The van der Waals surface area contributed by atoms with Gasteiger partial charge in [-0.2, -0.15) is 8.74 Å². The van der Waals surface area contributed by atoms with Crippen molar-refractivity contribution in [3.63, 3.8) is 0 Å². The number of carbonyl (C=O) groups excluding carboxylic acids is 1. The summed E-state index contributed by atoms with van der Waals surface area (Å²) in [6.45, 7) is 4.05. The first kappa shape index (κ1) is 18.7. The van der Waals surface area contributed by atoms with Gasteiger partial charge in [0.25, 0.3) is 5.91 Å². The zero-order chi connectivity index (χ0) is 17.9. The molecular weight excluding hydrogens is 364 g/mol. The van der Waals surface area contributed by atoms with Crippen molar-refractivity contribution in [2.45, 2.75) is 31.8 Å². The van der Waals surface area contributed by atoms with E-state index in [1.54, 1.807) is 7.11 Å². The molecule has 8 nitrogen and oxygen atoms in total. The minimum atomic E-state index is -2.42. The first-order chi connectivity index (χ1) is 11.9. The van der Waals surface area contributed by atoms with Gasteiger partial charge >= 0.3 is 0 Å². The van der Waals surface area contributed by atoms with Crippen LogP contribution in [0.3, 0.4) is 0 Å². The van der Waals surface area contributed by atoms with Gasteiger partial charge in [-0.1, -0.05) is 0 Å². The van der Waals surface area contributed by atoms with Crippen LogP contribution >= 0.6 is 11.5 Å². The number of methoxy groups -OCH3 is 1. The second-order valence-corrected chi connectivity index (χ2v) is 9.75. The number of morpholine rings is 1. The number of carbonyl (C=O) groups is 1. The summed E-state index contributed by atoms with van der Waals surface area (Å²) in [5.41, 5.74) is -0.330. The highest BCUT2D eigenvalue weighted by Crippen LogP contribution is 2.34. The van der Waals surface area contributed by atoms with Crippen molar-refractivity contribution >= 4 is 32.3 Å². The fraction of sp³-hybridized carbons (Fsp3) is 0.800. The molecule has 1 amide bonds. The summed E-state index contributed by atoms with van der Waals surface area (Å²) in [6, 6.07) is 0. The average Bonchev–Trinajstić information content (AvgIpc) is 3.05. The summed E-state index contributed by atoms with van der Waals surface area (Å²) in [4.78, 5) is 18.0. The van der Waals surface area contributed by atoms with Gasteiger partial charge in [0.2, 0.25) is 5.13 Å². The van der Waals surface area contributed by atoms with Crippen LogP contribution < -0.4 is 4.90 Å². The van der Waals surface area contributed by atoms with Gasteiger partial charge in [-0.3, -0.25) is 4.79 Å². The molecule has 1 spiro atoms. The molecule has 2 aliphatic rings. The van der Waals surface area contributed by atoms with E-state index in [9.17, 15) is 9.00 Å². The van der Waals surface area contributed by atoms with Gasteiger partial charge in [0, 0.05) is 56.6 Å². The summed E-state index contributed by atoms with van der Waals surface area (Å²) in [6.07, 6.45) is 2.00.